The molecule has 0 bridgehead atoms. The number of rotatable bonds is 2. The Kier molecular flexibility index (Phi) is 5.21. The number of benzene rings is 2. The number of piperazine rings is 1. The number of carbonyl (C=O) groups is 1. The molecule has 0 aromatic heterocycles. The highest BCUT2D eigenvalue weighted by Crippen LogP contribution is 2.31. The van der Waals surface area contributed by atoms with Gasteiger partial charge in [-0.25, -0.2) is 0 Å². The predicted molar refractivity (Wildman–Crippen MR) is 98.7 cm³/mol. The van der Waals surface area contributed by atoms with Gasteiger partial charge in [0, 0.05) is 41.0 Å². The molecule has 1 heterocycles. The highest BCUT2D eigenvalue weighted by atomic mass is 127. The average Bonchev–Trinajstić information content (AvgIpc) is 2.61. The minimum Gasteiger partial charge on any atom is -0.368 e. The van der Waals surface area contributed by atoms with Crippen molar-refractivity contribution < 1.29 is 18.0 Å². The molecule has 1 amide bonds. The summed E-state index contributed by atoms with van der Waals surface area (Å²) in [5.41, 5.74) is 0.520. The molecule has 3 nitrogen and oxygen atoms in total. The lowest BCUT2D eigenvalue weighted by Crippen LogP contribution is -2.48. The van der Waals surface area contributed by atoms with E-state index >= 15 is 0 Å². The minimum absolute atomic E-state index is 0.0416. The molecule has 7 heteroatoms. The number of hydrogen-bond donors (Lipinski definition) is 0. The van der Waals surface area contributed by atoms with Gasteiger partial charge in [0.2, 0.25) is 0 Å². The smallest absolute Gasteiger partial charge is 0.368 e. The molecule has 0 radical (unpaired) electrons. The first-order valence-corrected chi connectivity index (χ1v) is 8.89. The number of halogens is 4. The first-order valence-electron chi connectivity index (χ1n) is 7.81. The average molecular weight is 460 g/mol. The Balaban J connectivity index is 1.66. The van der Waals surface area contributed by atoms with Gasteiger partial charge in [0.15, 0.2) is 0 Å². The molecule has 2 aromatic rings. The molecule has 1 saturated heterocycles. The number of carbonyl (C=O) groups excluding carboxylic acids is 1. The Morgan fingerprint density at radius 3 is 2.20 bits per heavy atom. The molecule has 0 unspecified atom stereocenters. The third-order valence-corrected chi connectivity index (χ3v) is 4.92. The molecule has 1 aliphatic heterocycles. The molecule has 1 fully saturated rings. The van der Waals surface area contributed by atoms with Crippen LogP contribution in [0.25, 0.3) is 0 Å². The molecule has 25 heavy (non-hydrogen) atoms. The van der Waals surface area contributed by atoms with Gasteiger partial charge in [-0.2, -0.15) is 13.2 Å². The Morgan fingerprint density at radius 2 is 1.60 bits per heavy atom. The number of anilines is 1. The third kappa shape index (κ3) is 4.26. The van der Waals surface area contributed by atoms with E-state index in [4.69, 9.17) is 0 Å². The van der Waals surface area contributed by atoms with Gasteiger partial charge in [-0.15, -0.1) is 0 Å². The summed E-state index contributed by atoms with van der Waals surface area (Å²) < 4.78 is 39.6. The van der Waals surface area contributed by atoms with Crippen molar-refractivity contribution in [2.24, 2.45) is 0 Å². The van der Waals surface area contributed by atoms with Crippen LogP contribution in [-0.2, 0) is 6.18 Å². The molecule has 0 spiro atoms. The van der Waals surface area contributed by atoms with E-state index < -0.39 is 11.7 Å². The zero-order valence-electron chi connectivity index (χ0n) is 13.3. The number of hydrogen-bond acceptors (Lipinski definition) is 2. The summed E-state index contributed by atoms with van der Waals surface area (Å²) in [6, 6.07) is 12.7. The fourth-order valence-corrected chi connectivity index (χ4v) is 3.18. The van der Waals surface area contributed by atoms with Gasteiger partial charge in [-0.1, -0.05) is 6.07 Å². The molecule has 0 saturated carbocycles. The lowest BCUT2D eigenvalue weighted by molar-refractivity contribution is -0.137. The standard InChI is InChI=1S/C18H16F3IN2O/c19-18(20,21)14-2-1-3-16(12-14)23-8-10-24(11-9-23)17(25)13-4-6-15(22)7-5-13/h1-7,12H,8-11H2. The second-order valence-electron chi connectivity index (χ2n) is 5.83. The molecule has 3 rings (SSSR count). The van der Waals surface area contributed by atoms with Crippen molar-refractivity contribution >= 4 is 34.2 Å². The van der Waals surface area contributed by atoms with Gasteiger partial charge in [0.25, 0.3) is 5.91 Å². The van der Waals surface area contributed by atoms with Crippen LogP contribution in [-0.4, -0.2) is 37.0 Å². The number of alkyl halides is 3. The maximum Gasteiger partial charge on any atom is 0.416 e. The molecule has 132 valence electrons. The molecule has 0 aliphatic carbocycles. The van der Waals surface area contributed by atoms with Gasteiger partial charge < -0.3 is 9.80 Å². The first-order chi connectivity index (χ1) is 11.8. The van der Waals surface area contributed by atoms with Gasteiger partial charge in [-0.3, -0.25) is 4.79 Å². The quantitative estimate of drug-likeness (QED) is 0.626. The van der Waals surface area contributed by atoms with E-state index in [0.717, 1.165) is 15.7 Å². The zero-order valence-corrected chi connectivity index (χ0v) is 15.4. The van der Waals surface area contributed by atoms with E-state index in [1.807, 2.05) is 17.0 Å². The molecule has 0 N–H and O–H groups in total. The van der Waals surface area contributed by atoms with Crippen molar-refractivity contribution in [1.82, 2.24) is 4.90 Å². The second kappa shape index (κ2) is 7.23. The van der Waals surface area contributed by atoms with E-state index in [1.165, 1.54) is 6.07 Å². The van der Waals surface area contributed by atoms with Crippen LogP contribution >= 0.6 is 22.6 Å². The van der Waals surface area contributed by atoms with Crippen LogP contribution in [0.1, 0.15) is 15.9 Å². The molecular formula is C18H16F3IN2O. The summed E-state index contributed by atoms with van der Waals surface area (Å²) in [5, 5.41) is 0. The lowest BCUT2D eigenvalue weighted by Gasteiger charge is -2.36. The first kappa shape index (κ1) is 18.0. The molecular weight excluding hydrogens is 444 g/mol. The Bertz CT molecular complexity index is 754. The summed E-state index contributed by atoms with van der Waals surface area (Å²) >= 11 is 2.18. The van der Waals surface area contributed by atoms with Crippen LogP contribution in [0.5, 0.6) is 0 Å². The molecule has 1 aliphatic rings. The van der Waals surface area contributed by atoms with Gasteiger partial charge in [-0.05, 0) is 65.1 Å². The van der Waals surface area contributed by atoms with Gasteiger partial charge >= 0.3 is 6.18 Å². The molecule has 0 atom stereocenters. The highest BCUT2D eigenvalue weighted by Gasteiger charge is 2.31. The van der Waals surface area contributed by atoms with E-state index in [2.05, 4.69) is 22.6 Å². The van der Waals surface area contributed by atoms with E-state index in [1.54, 1.807) is 23.1 Å². The fourth-order valence-electron chi connectivity index (χ4n) is 2.82. The largest absolute Gasteiger partial charge is 0.416 e. The maximum atomic E-state index is 12.8. The predicted octanol–water partition coefficient (Wildman–Crippen LogP) is 4.27. The number of nitrogens with zero attached hydrogens (tertiary/aromatic N) is 2. The van der Waals surface area contributed by atoms with Crippen molar-refractivity contribution in [1.29, 1.82) is 0 Å². The fraction of sp³-hybridized carbons (Fsp3) is 0.278. The van der Waals surface area contributed by atoms with E-state index in [9.17, 15) is 18.0 Å². The van der Waals surface area contributed by atoms with Crippen LogP contribution in [0.2, 0.25) is 0 Å². The van der Waals surface area contributed by atoms with Crippen molar-refractivity contribution in [3.05, 3.63) is 63.2 Å². The second-order valence-corrected chi connectivity index (χ2v) is 7.08. The Morgan fingerprint density at radius 1 is 0.960 bits per heavy atom. The molecule has 2 aromatic carbocycles. The highest BCUT2D eigenvalue weighted by molar-refractivity contribution is 14.1. The Labute approximate surface area is 157 Å². The summed E-state index contributed by atoms with van der Waals surface area (Å²) in [6.07, 6.45) is -4.35. The van der Waals surface area contributed by atoms with Crippen molar-refractivity contribution in [2.45, 2.75) is 6.18 Å². The van der Waals surface area contributed by atoms with E-state index in [-0.39, 0.29) is 5.91 Å². The van der Waals surface area contributed by atoms with Crippen molar-refractivity contribution in [3.8, 4) is 0 Å². The third-order valence-electron chi connectivity index (χ3n) is 4.20. The summed E-state index contributed by atoms with van der Waals surface area (Å²) in [4.78, 5) is 16.1. The Hall–Kier alpha value is -1.77. The normalized spacial score (nSPS) is 15.4. The van der Waals surface area contributed by atoms with Crippen LogP contribution < -0.4 is 4.90 Å². The SMILES string of the molecule is O=C(c1ccc(I)cc1)N1CCN(c2cccc(C(F)(F)F)c2)CC1. The number of amides is 1. The van der Waals surface area contributed by atoms with E-state index in [0.29, 0.717) is 37.4 Å². The van der Waals surface area contributed by atoms with Crippen LogP contribution in [0.3, 0.4) is 0 Å². The van der Waals surface area contributed by atoms with Crippen molar-refractivity contribution in [3.63, 3.8) is 0 Å². The zero-order chi connectivity index (χ0) is 18.0. The van der Waals surface area contributed by atoms with Gasteiger partial charge in [0.1, 0.15) is 0 Å². The topological polar surface area (TPSA) is 23.6 Å². The van der Waals surface area contributed by atoms with Crippen molar-refractivity contribution in [2.75, 3.05) is 31.1 Å². The monoisotopic (exact) mass is 460 g/mol. The maximum absolute atomic E-state index is 12.8. The van der Waals surface area contributed by atoms with Crippen LogP contribution in [0.15, 0.2) is 48.5 Å². The van der Waals surface area contributed by atoms with Crippen LogP contribution in [0, 0.1) is 3.57 Å². The summed E-state index contributed by atoms with van der Waals surface area (Å²) in [6.45, 7) is 2.00. The summed E-state index contributed by atoms with van der Waals surface area (Å²) in [5.74, 6) is -0.0416. The van der Waals surface area contributed by atoms with Gasteiger partial charge in [0.05, 0.1) is 5.56 Å². The van der Waals surface area contributed by atoms with Crippen LogP contribution in [0.4, 0.5) is 18.9 Å². The summed E-state index contributed by atoms with van der Waals surface area (Å²) in [7, 11) is 0. The minimum atomic E-state index is -4.35. The lowest BCUT2D eigenvalue weighted by atomic mass is 10.1.